The van der Waals surface area contributed by atoms with Crippen LogP contribution in [0.15, 0.2) is 18.2 Å². The molecular weight excluding hydrogens is 193 g/mol. The molecule has 1 aromatic carbocycles. The van der Waals surface area contributed by atoms with E-state index >= 15 is 0 Å². The summed E-state index contributed by atoms with van der Waals surface area (Å²) < 4.78 is 13.1. The van der Waals surface area contributed by atoms with Crippen molar-refractivity contribution < 1.29 is 9.18 Å². The van der Waals surface area contributed by atoms with Crippen LogP contribution in [-0.4, -0.2) is 24.9 Å². The molecule has 0 heterocycles. The number of rotatable bonds is 2. The first-order valence-corrected chi connectivity index (χ1v) is 5.10. The highest BCUT2D eigenvalue weighted by Crippen LogP contribution is 2.41. The monoisotopic (exact) mass is 207 g/mol. The molecule has 2 nitrogen and oxygen atoms in total. The maximum absolute atomic E-state index is 13.1. The van der Waals surface area contributed by atoms with Crippen molar-refractivity contribution in [3.05, 3.63) is 35.1 Å². The fraction of sp³-hybridized carbons (Fsp3) is 0.417. The van der Waals surface area contributed by atoms with E-state index in [1.54, 1.807) is 20.2 Å². The Morgan fingerprint density at radius 2 is 2.07 bits per heavy atom. The van der Waals surface area contributed by atoms with Crippen molar-refractivity contribution in [2.45, 2.75) is 18.8 Å². The fourth-order valence-corrected chi connectivity index (χ4v) is 1.70. The van der Waals surface area contributed by atoms with Gasteiger partial charge >= 0.3 is 0 Å². The molecule has 1 aromatic rings. The standard InChI is InChI=1S/C12H14FNO/c1-14(2)12(15)11-7-9(13)5-6-10(11)8-3-4-8/h5-8H,3-4H2,1-2H3. The predicted molar refractivity (Wildman–Crippen MR) is 56.4 cm³/mol. The van der Waals surface area contributed by atoms with Crippen molar-refractivity contribution in [1.82, 2.24) is 4.90 Å². The Labute approximate surface area is 88.7 Å². The quantitative estimate of drug-likeness (QED) is 0.729. The van der Waals surface area contributed by atoms with Gasteiger partial charge in [0.05, 0.1) is 0 Å². The number of halogens is 1. The van der Waals surface area contributed by atoms with Crippen molar-refractivity contribution >= 4 is 5.91 Å². The summed E-state index contributed by atoms with van der Waals surface area (Å²) in [6.45, 7) is 0. The van der Waals surface area contributed by atoms with E-state index in [2.05, 4.69) is 0 Å². The first-order valence-electron chi connectivity index (χ1n) is 5.10. The third kappa shape index (κ3) is 2.01. The molecule has 1 saturated carbocycles. The van der Waals surface area contributed by atoms with E-state index in [9.17, 15) is 9.18 Å². The van der Waals surface area contributed by atoms with Crippen molar-refractivity contribution in [1.29, 1.82) is 0 Å². The van der Waals surface area contributed by atoms with Crippen LogP contribution in [0, 0.1) is 5.82 Å². The molecule has 15 heavy (non-hydrogen) atoms. The summed E-state index contributed by atoms with van der Waals surface area (Å²) in [6.07, 6.45) is 2.22. The number of carbonyl (C=O) groups excluding carboxylic acids is 1. The number of amides is 1. The number of carbonyl (C=O) groups is 1. The third-order valence-electron chi connectivity index (χ3n) is 2.67. The van der Waals surface area contributed by atoms with Gasteiger partial charge in [-0.2, -0.15) is 0 Å². The van der Waals surface area contributed by atoms with E-state index < -0.39 is 0 Å². The highest BCUT2D eigenvalue weighted by Gasteiger charge is 2.28. The van der Waals surface area contributed by atoms with E-state index in [0.29, 0.717) is 11.5 Å². The van der Waals surface area contributed by atoms with Crippen LogP contribution in [0.2, 0.25) is 0 Å². The molecular formula is C12H14FNO. The summed E-state index contributed by atoms with van der Waals surface area (Å²) in [5.41, 5.74) is 1.51. The molecule has 0 unspecified atom stereocenters. The van der Waals surface area contributed by atoms with Gasteiger partial charge in [-0.05, 0) is 36.5 Å². The Morgan fingerprint density at radius 3 is 2.60 bits per heavy atom. The van der Waals surface area contributed by atoms with Gasteiger partial charge in [0.25, 0.3) is 5.91 Å². The molecule has 1 aliphatic rings. The van der Waals surface area contributed by atoms with E-state index in [1.807, 2.05) is 0 Å². The Bertz CT molecular complexity index is 397. The van der Waals surface area contributed by atoms with Crippen LogP contribution >= 0.6 is 0 Å². The SMILES string of the molecule is CN(C)C(=O)c1cc(F)ccc1C1CC1. The molecule has 2 rings (SSSR count). The van der Waals surface area contributed by atoms with E-state index in [-0.39, 0.29) is 11.7 Å². The van der Waals surface area contributed by atoms with Gasteiger partial charge in [-0.3, -0.25) is 4.79 Å². The van der Waals surface area contributed by atoms with Gasteiger partial charge in [-0.25, -0.2) is 4.39 Å². The molecule has 0 atom stereocenters. The lowest BCUT2D eigenvalue weighted by Crippen LogP contribution is -2.23. The Hall–Kier alpha value is -1.38. The zero-order chi connectivity index (χ0) is 11.0. The highest BCUT2D eigenvalue weighted by atomic mass is 19.1. The molecule has 0 bridgehead atoms. The number of nitrogens with zero attached hydrogens (tertiary/aromatic N) is 1. The summed E-state index contributed by atoms with van der Waals surface area (Å²) in [5.74, 6) is 0.00509. The molecule has 3 heteroatoms. The molecule has 80 valence electrons. The van der Waals surface area contributed by atoms with Crippen LogP contribution in [-0.2, 0) is 0 Å². The average molecular weight is 207 g/mol. The number of hydrogen-bond donors (Lipinski definition) is 0. The Balaban J connectivity index is 2.42. The van der Waals surface area contributed by atoms with Gasteiger partial charge in [0.2, 0.25) is 0 Å². The molecule has 0 spiro atoms. The van der Waals surface area contributed by atoms with Crippen LogP contribution in [0.5, 0.6) is 0 Å². The number of benzene rings is 1. The first kappa shape index (κ1) is 10.1. The van der Waals surface area contributed by atoms with Crippen molar-refractivity contribution in [2.75, 3.05) is 14.1 Å². The zero-order valence-electron chi connectivity index (χ0n) is 8.96. The molecule has 1 aliphatic carbocycles. The smallest absolute Gasteiger partial charge is 0.253 e. The average Bonchev–Trinajstić information content (AvgIpc) is 3.00. The zero-order valence-corrected chi connectivity index (χ0v) is 8.96. The van der Waals surface area contributed by atoms with Crippen LogP contribution in [0.4, 0.5) is 4.39 Å². The van der Waals surface area contributed by atoms with E-state index in [1.165, 1.54) is 17.0 Å². The molecule has 1 amide bonds. The Kier molecular flexibility index (Phi) is 2.47. The predicted octanol–water partition coefficient (Wildman–Crippen LogP) is 2.40. The van der Waals surface area contributed by atoms with Crippen LogP contribution in [0.3, 0.4) is 0 Å². The fourth-order valence-electron chi connectivity index (χ4n) is 1.70. The van der Waals surface area contributed by atoms with Crippen molar-refractivity contribution in [3.63, 3.8) is 0 Å². The summed E-state index contributed by atoms with van der Waals surface area (Å²) in [5, 5.41) is 0. The number of hydrogen-bond acceptors (Lipinski definition) is 1. The van der Waals surface area contributed by atoms with E-state index in [4.69, 9.17) is 0 Å². The van der Waals surface area contributed by atoms with Crippen LogP contribution < -0.4 is 0 Å². The first-order chi connectivity index (χ1) is 7.09. The van der Waals surface area contributed by atoms with Gasteiger partial charge in [-0.15, -0.1) is 0 Å². The summed E-state index contributed by atoms with van der Waals surface area (Å²) >= 11 is 0. The lowest BCUT2D eigenvalue weighted by atomic mass is 10.0. The van der Waals surface area contributed by atoms with Crippen LogP contribution in [0.1, 0.15) is 34.7 Å². The topological polar surface area (TPSA) is 20.3 Å². The minimum absolute atomic E-state index is 0.114. The maximum Gasteiger partial charge on any atom is 0.253 e. The Morgan fingerprint density at radius 1 is 1.40 bits per heavy atom. The molecule has 0 aromatic heterocycles. The van der Waals surface area contributed by atoms with Gasteiger partial charge in [0, 0.05) is 19.7 Å². The molecule has 0 N–H and O–H groups in total. The second-order valence-corrected chi connectivity index (χ2v) is 4.21. The summed E-state index contributed by atoms with van der Waals surface area (Å²) in [4.78, 5) is 13.3. The van der Waals surface area contributed by atoms with Crippen LogP contribution in [0.25, 0.3) is 0 Å². The molecule has 0 saturated heterocycles. The summed E-state index contributed by atoms with van der Waals surface area (Å²) in [6, 6.07) is 4.51. The normalized spacial score (nSPS) is 15.1. The van der Waals surface area contributed by atoms with Crippen molar-refractivity contribution in [2.24, 2.45) is 0 Å². The molecule has 0 aliphatic heterocycles. The van der Waals surface area contributed by atoms with E-state index in [0.717, 1.165) is 18.4 Å². The van der Waals surface area contributed by atoms with Gasteiger partial charge in [0.1, 0.15) is 5.82 Å². The molecule has 1 fully saturated rings. The second-order valence-electron chi connectivity index (χ2n) is 4.21. The third-order valence-corrected chi connectivity index (χ3v) is 2.67. The minimum Gasteiger partial charge on any atom is -0.345 e. The second kappa shape index (κ2) is 3.65. The van der Waals surface area contributed by atoms with Gasteiger partial charge < -0.3 is 4.90 Å². The maximum atomic E-state index is 13.1. The lowest BCUT2D eigenvalue weighted by Gasteiger charge is -2.13. The molecule has 0 radical (unpaired) electrons. The lowest BCUT2D eigenvalue weighted by molar-refractivity contribution is 0.0826. The van der Waals surface area contributed by atoms with Gasteiger partial charge in [-0.1, -0.05) is 6.07 Å². The minimum atomic E-state index is -0.343. The summed E-state index contributed by atoms with van der Waals surface area (Å²) in [7, 11) is 3.37. The largest absolute Gasteiger partial charge is 0.345 e. The van der Waals surface area contributed by atoms with Crippen molar-refractivity contribution in [3.8, 4) is 0 Å². The highest BCUT2D eigenvalue weighted by molar-refractivity contribution is 5.95. The van der Waals surface area contributed by atoms with Gasteiger partial charge in [0.15, 0.2) is 0 Å².